The fraction of sp³-hybridized carbons (Fsp3) is 0.500. The highest BCUT2D eigenvalue weighted by molar-refractivity contribution is 9.10. The summed E-state index contributed by atoms with van der Waals surface area (Å²) in [5, 5.41) is 3.21. The predicted octanol–water partition coefficient (Wildman–Crippen LogP) is 5.84. The second-order valence-corrected chi connectivity index (χ2v) is 10.9. The van der Waals surface area contributed by atoms with Crippen LogP contribution in [-0.2, 0) is 19.2 Å². The van der Waals surface area contributed by atoms with E-state index in [9.17, 15) is 22.8 Å². The van der Waals surface area contributed by atoms with Gasteiger partial charge < -0.3 is 10.1 Å². The number of carbonyl (C=O) groups is 2. The molecule has 2 aliphatic rings. The molecular formula is C28H33BrF3N2O4+. The van der Waals surface area contributed by atoms with Crippen LogP contribution in [0.4, 0.5) is 13.2 Å². The first-order chi connectivity index (χ1) is 18.1. The largest absolute Gasteiger partial charge is 0.497 e. The van der Waals surface area contributed by atoms with Gasteiger partial charge in [-0.05, 0) is 36.1 Å². The van der Waals surface area contributed by atoms with Crippen molar-refractivity contribution in [3.8, 4) is 0 Å². The Bertz CT molecular complexity index is 1090. The van der Waals surface area contributed by atoms with E-state index in [1.807, 2.05) is 61.5 Å². The maximum absolute atomic E-state index is 13.7. The number of quaternary nitrogens is 1. The van der Waals surface area contributed by atoms with Crippen molar-refractivity contribution >= 4 is 27.8 Å². The molecule has 1 heterocycles. The second-order valence-electron chi connectivity index (χ2n) is 10.00. The first-order valence-electron chi connectivity index (χ1n) is 13.0. The van der Waals surface area contributed by atoms with Crippen LogP contribution in [0, 0.1) is 5.92 Å². The molecular weight excluding hydrogens is 565 g/mol. The molecule has 4 atom stereocenters. The van der Waals surface area contributed by atoms with Crippen LogP contribution in [0.1, 0.15) is 55.7 Å². The van der Waals surface area contributed by atoms with Crippen LogP contribution in [0.2, 0.25) is 0 Å². The molecule has 4 rings (SSSR count). The van der Waals surface area contributed by atoms with E-state index in [-0.39, 0.29) is 56.1 Å². The SMILES string of the molecule is CC[C@H](NC(=O)[C@@H]1CC[C@@H]([N+]2(OC(=O)C(F)(F)F)CCOCC2)C[C@H]1c1ccc(Br)cc1)c1ccccc1. The summed E-state index contributed by atoms with van der Waals surface area (Å²) in [6.07, 6.45) is -3.03. The van der Waals surface area contributed by atoms with Crippen molar-refractivity contribution in [2.45, 2.75) is 56.8 Å². The summed E-state index contributed by atoms with van der Waals surface area (Å²) < 4.78 is 45.5. The lowest BCUT2D eigenvalue weighted by Crippen LogP contribution is -2.64. The average Bonchev–Trinajstić information content (AvgIpc) is 2.92. The van der Waals surface area contributed by atoms with E-state index < -0.39 is 16.8 Å². The molecule has 206 valence electrons. The first kappa shape index (κ1) is 28.6. The lowest BCUT2D eigenvalue weighted by Gasteiger charge is -2.47. The van der Waals surface area contributed by atoms with Gasteiger partial charge in [0.05, 0.1) is 19.3 Å². The molecule has 2 fully saturated rings. The highest BCUT2D eigenvalue weighted by atomic mass is 79.9. The molecule has 1 N–H and O–H groups in total. The van der Waals surface area contributed by atoms with Gasteiger partial charge in [0, 0.05) is 29.2 Å². The van der Waals surface area contributed by atoms with Crippen molar-refractivity contribution < 1.29 is 37.0 Å². The highest BCUT2D eigenvalue weighted by Crippen LogP contribution is 2.43. The molecule has 1 saturated heterocycles. The second kappa shape index (κ2) is 12.2. The number of morpholine rings is 1. The molecule has 1 aliphatic heterocycles. The normalized spacial score (nSPS) is 24.3. The molecule has 0 spiro atoms. The van der Waals surface area contributed by atoms with Crippen LogP contribution in [0.5, 0.6) is 0 Å². The van der Waals surface area contributed by atoms with E-state index >= 15 is 0 Å². The zero-order valence-electron chi connectivity index (χ0n) is 21.3. The third kappa shape index (κ3) is 6.58. The minimum atomic E-state index is -5.08. The van der Waals surface area contributed by atoms with Crippen molar-refractivity contribution in [3.63, 3.8) is 0 Å². The van der Waals surface area contributed by atoms with E-state index in [0.29, 0.717) is 19.3 Å². The van der Waals surface area contributed by atoms with Crippen LogP contribution >= 0.6 is 15.9 Å². The number of hydroxylamine groups is 3. The lowest BCUT2D eigenvalue weighted by atomic mass is 9.72. The summed E-state index contributed by atoms with van der Waals surface area (Å²) >= 11 is 3.45. The Hall–Kier alpha value is -2.43. The summed E-state index contributed by atoms with van der Waals surface area (Å²) in [5.74, 6) is -2.89. The summed E-state index contributed by atoms with van der Waals surface area (Å²) in [5.41, 5.74) is 1.95. The van der Waals surface area contributed by atoms with E-state index in [2.05, 4.69) is 21.2 Å². The number of ether oxygens (including phenoxy) is 1. The first-order valence-corrected chi connectivity index (χ1v) is 13.8. The van der Waals surface area contributed by atoms with E-state index in [4.69, 9.17) is 9.57 Å². The van der Waals surface area contributed by atoms with Crippen molar-refractivity contribution in [1.29, 1.82) is 0 Å². The van der Waals surface area contributed by atoms with Crippen molar-refractivity contribution in [2.75, 3.05) is 26.3 Å². The van der Waals surface area contributed by atoms with Gasteiger partial charge in [0.2, 0.25) is 5.91 Å². The summed E-state index contributed by atoms with van der Waals surface area (Å²) in [7, 11) is 0. The van der Waals surface area contributed by atoms with Gasteiger partial charge in [0.25, 0.3) is 0 Å². The number of carbonyl (C=O) groups excluding carboxylic acids is 2. The van der Waals surface area contributed by atoms with Crippen LogP contribution in [-0.4, -0.2) is 55.0 Å². The summed E-state index contributed by atoms with van der Waals surface area (Å²) in [6.45, 7) is 2.70. The fourth-order valence-electron chi connectivity index (χ4n) is 5.75. The maximum Gasteiger partial charge on any atom is 0.497 e. The summed E-state index contributed by atoms with van der Waals surface area (Å²) in [6, 6.07) is 16.9. The van der Waals surface area contributed by atoms with Crippen LogP contribution in [0.3, 0.4) is 0 Å². The van der Waals surface area contributed by atoms with Gasteiger partial charge in [0.1, 0.15) is 19.1 Å². The Morgan fingerprint density at radius 2 is 1.74 bits per heavy atom. The van der Waals surface area contributed by atoms with Gasteiger partial charge in [-0.15, -0.1) is 4.65 Å². The standard InChI is InChI=1S/C28H32BrF3N2O4/c1-2-25(20-6-4-3-5-7-20)33-26(35)23-13-12-22(18-24(23)19-8-10-21(29)11-9-19)34(14-16-37-17-15-34)38-27(36)28(30,31)32/h3-11,22-25H,2,12-18H2,1H3/p+1/t22-,23-,24+,25+/m1/s1. The number of hydrogen-bond acceptors (Lipinski definition) is 4. The van der Waals surface area contributed by atoms with E-state index in [1.165, 1.54) is 0 Å². The molecule has 1 saturated carbocycles. The van der Waals surface area contributed by atoms with Gasteiger partial charge >= 0.3 is 12.1 Å². The molecule has 0 bridgehead atoms. The quantitative estimate of drug-likeness (QED) is 0.407. The molecule has 2 aromatic rings. The van der Waals surface area contributed by atoms with Crippen LogP contribution < -0.4 is 5.32 Å². The zero-order chi connectivity index (χ0) is 27.3. The molecule has 0 aromatic heterocycles. The van der Waals surface area contributed by atoms with Gasteiger partial charge in [0.15, 0.2) is 0 Å². The number of benzene rings is 2. The molecule has 10 heteroatoms. The van der Waals surface area contributed by atoms with E-state index in [0.717, 1.165) is 22.0 Å². The molecule has 1 aliphatic carbocycles. The molecule has 0 unspecified atom stereocenters. The van der Waals surface area contributed by atoms with Gasteiger partial charge in [-0.3, -0.25) is 9.63 Å². The summed E-state index contributed by atoms with van der Waals surface area (Å²) in [4.78, 5) is 30.8. The van der Waals surface area contributed by atoms with Crippen molar-refractivity contribution in [3.05, 3.63) is 70.2 Å². The number of rotatable bonds is 7. The minimum absolute atomic E-state index is 0.0760. The fourth-order valence-corrected chi connectivity index (χ4v) is 6.02. The average molecular weight is 598 g/mol. The molecule has 2 aromatic carbocycles. The lowest BCUT2D eigenvalue weighted by molar-refractivity contribution is -1.11. The Morgan fingerprint density at radius 1 is 1.08 bits per heavy atom. The number of nitrogens with one attached hydrogen (secondary N) is 1. The van der Waals surface area contributed by atoms with Crippen molar-refractivity contribution in [1.82, 2.24) is 5.32 Å². The number of hydrogen-bond donors (Lipinski definition) is 1. The number of alkyl halides is 3. The number of amides is 1. The Balaban J connectivity index is 1.61. The highest BCUT2D eigenvalue weighted by Gasteiger charge is 2.53. The van der Waals surface area contributed by atoms with Crippen LogP contribution in [0.15, 0.2) is 59.1 Å². The smallest absolute Gasteiger partial charge is 0.369 e. The topological polar surface area (TPSA) is 64.6 Å². The van der Waals surface area contributed by atoms with Gasteiger partial charge in [-0.25, -0.2) is 4.79 Å². The third-order valence-electron chi connectivity index (χ3n) is 7.77. The molecule has 0 radical (unpaired) electrons. The minimum Gasteiger partial charge on any atom is -0.369 e. The Kier molecular flexibility index (Phi) is 9.15. The molecule has 6 nitrogen and oxygen atoms in total. The van der Waals surface area contributed by atoms with Gasteiger partial charge in [-0.1, -0.05) is 65.3 Å². The maximum atomic E-state index is 13.7. The zero-order valence-corrected chi connectivity index (χ0v) is 22.8. The number of halogens is 4. The third-order valence-corrected chi connectivity index (χ3v) is 8.30. The Morgan fingerprint density at radius 3 is 2.34 bits per heavy atom. The monoisotopic (exact) mass is 597 g/mol. The van der Waals surface area contributed by atoms with E-state index in [1.54, 1.807) is 0 Å². The molecule has 1 amide bonds. The van der Waals surface area contributed by atoms with Crippen molar-refractivity contribution in [2.24, 2.45) is 5.92 Å². The molecule has 38 heavy (non-hydrogen) atoms. The number of nitrogens with zero attached hydrogens (tertiary/aromatic N) is 1. The Labute approximate surface area is 229 Å². The van der Waals surface area contributed by atoms with Gasteiger partial charge in [-0.2, -0.15) is 13.2 Å². The van der Waals surface area contributed by atoms with Crippen LogP contribution in [0.25, 0.3) is 0 Å². The predicted molar refractivity (Wildman–Crippen MR) is 139 cm³/mol.